The van der Waals surface area contributed by atoms with E-state index in [0.29, 0.717) is 6.61 Å². The van der Waals surface area contributed by atoms with Crippen molar-refractivity contribution in [3.05, 3.63) is 39.9 Å². The van der Waals surface area contributed by atoms with Crippen LogP contribution in [0.2, 0.25) is 0 Å². The topological polar surface area (TPSA) is 72.5 Å². The van der Waals surface area contributed by atoms with E-state index >= 15 is 0 Å². The van der Waals surface area contributed by atoms with Crippen molar-refractivity contribution in [1.29, 1.82) is 0 Å². The van der Waals surface area contributed by atoms with Gasteiger partial charge in [0.15, 0.2) is 0 Å². The van der Waals surface area contributed by atoms with E-state index in [9.17, 15) is 14.9 Å². The van der Waals surface area contributed by atoms with Gasteiger partial charge in [-0.05, 0) is 25.5 Å². The van der Waals surface area contributed by atoms with Gasteiger partial charge in [0.05, 0.1) is 17.6 Å². The molecule has 21 heavy (non-hydrogen) atoms. The van der Waals surface area contributed by atoms with Crippen molar-refractivity contribution in [1.82, 2.24) is 4.90 Å². The summed E-state index contributed by atoms with van der Waals surface area (Å²) >= 11 is 0. The summed E-state index contributed by atoms with van der Waals surface area (Å²) in [5.74, 6) is -0.211. The molecule has 0 radical (unpaired) electrons. The molecule has 6 heteroatoms. The third-order valence-corrected chi connectivity index (χ3v) is 3.67. The predicted molar refractivity (Wildman–Crippen MR) is 77.9 cm³/mol. The third kappa shape index (κ3) is 3.39. The van der Waals surface area contributed by atoms with Crippen molar-refractivity contribution < 1.29 is 14.5 Å². The molecule has 1 aliphatic rings. The smallest absolute Gasteiger partial charge is 0.325 e. The molecule has 1 aliphatic heterocycles. The van der Waals surface area contributed by atoms with E-state index in [2.05, 4.69) is 11.8 Å². The lowest BCUT2D eigenvalue weighted by molar-refractivity contribution is -0.384. The molecule has 114 valence electrons. The van der Waals surface area contributed by atoms with E-state index in [-0.39, 0.29) is 23.7 Å². The number of nitro benzene ring substituents is 1. The summed E-state index contributed by atoms with van der Waals surface area (Å²) in [7, 11) is 0. The van der Waals surface area contributed by atoms with Crippen molar-refractivity contribution in [3.8, 4) is 0 Å². The fourth-order valence-corrected chi connectivity index (χ4v) is 2.55. The van der Waals surface area contributed by atoms with Crippen LogP contribution in [0.25, 0.3) is 0 Å². The standard InChI is InChI=1S/C15H20N2O4/c1-3-5-10-16-13(14(16)15(18)21-4-2)11-6-8-12(9-7-11)17(19)20/h6-9,13-14H,3-5,10H2,1-2H3/t13-,14+,16?/m0/s1. The zero-order valence-electron chi connectivity index (χ0n) is 12.3. The Morgan fingerprint density at radius 1 is 1.33 bits per heavy atom. The van der Waals surface area contributed by atoms with Gasteiger partial charge in [0.25, 0.3) is 5.69 Å². The van der Waals surface area contributed by atoms with Gasteiger partial charge < -0.3 is 4.74 Å². The van der Waals surface area contributed by atoms with E-state index in [4.69, 9.17) is 4.74 Å². The molecule has 0 aliphatic carbocycles. The largest absolute Gasteiger partial charge is 0.465 e. The summed E-state index contributed by atoms with van der Waals surface area (Å²) in [6, 6.07) is 6.14. The molecule has 0 bridgehead atoms. The van der Waals surface area contributed by atoms with Crippen molar-refractivity contribution in [2.45, 2.75) is 38.8 Å². The molecule has 1 heterocycles. The number of benzene rings is 1. The molecule has 0 N–H and O–H groups in total. The number of hydrogen-bond donors (Lipinski definition) is 0. The minimum absolute atomic E-state index is 0.0172. The number of hydrogen-bond acceptors (Lipinski definition) is 5. The van der Waals surface area contributed by atoms with Gasteiger partial charge in [-0.25, -0.2) is 0 Å². The molecule has 1 aromatic carbocycles. The van der Waals surface area contributed by atoms with Gasteiger partial charge >= 0.3 is 5.97 Å². The van der Waals surface area contributed by atoms with Crippen LogP contribution in [0.15, 0.2) is 24.3 Å². The number of nitro groups is 1. The molecular formula is C15H20N2O4. The van der Waals surface area contributed by atoms with Crippen molar-refractivity contribution in [2.75, 3.05) is 13.2 Å². The summed E-state index contributed by atoms with van der Waals surface area (Å²) in [4.78, 5) is 24.3. The molecular weight excluding hydrogens is 272 g/mol. The predicted octanol–water partition coefficient (Wildman–Crippen LogP) is 2.68. The number of carbonyl (C=O) groups excluding carboxylic acids is 1. The van der Waals surface area contributed by atoms with E-state index in [1.807, 2.05) is 0 Å². The molecule has 2 rings (SSSR count). The summed E-state index contributed by atoms with van der Waals surface area (Å²) in [6.45, 7) is 5.09. The highest BCUT2D eigenvalue weighted by Gasteiger charge is 2.53. The maximum atomic E-state index is 12.0. The van der Waals surface area contributed by atoms with Crippen LogP contribution in [0, 0.1) is 10.1 Å². The van der Waals surface area contributed by atoms with Crippen LogP contribution in [-0.4, -0.2) is 35.0 Å². The van der Waals surface area contributed by atoms with Gasteiger partial charge in [-0.15, -0.1) is 0 Å². The maximum absolute atomic E-state index is 12.0. The molecule has 0 aromatic heterocycles. The van der Waals surface area contributed by atoms with Gasteiger partial charge in [0.2, 0.25) is 0 Å². The van der Waals surface area contributed by atoms with Gasteiger partial charge in [-0.3, -0.25) is 19.8 Å². The summed E-state index contributed by atoms with van der Waals surface area (Å²) in [5, 5.41) is 10.7. The Bertz CT molecular complexity index is 515. The summed E-state index contributed by atoms with van der Waals surface area (Å²) in [6.07, 6.45) is 2.07. The highest BCUT2D eigenvalue weighted by atomic mass is 16.6. The first-order valence-electron chi connectivity index (χ1n) is 7.26. The lowest BCUT2D eigenvalue weighted by Crippen LogP contribution is -2.16. The second-order valence-corrected chi connectivity index (χ2v) is 5.08. The van der Waals surface area contributed by atoms with Crippen LogP contribution in [-0.2, 0) is 9.53 Å². The number of esters is 1. The Balaban J connectivity index is 2.11. The number of rotatable bonds is 7. The van der Waals surface area contributed by atoms with E-state index < -0.39 is 4.92 Å². The lowest BCUT2D eigenvalue weighted by Gasteiger charge is -2.02. The molecule has 0 saturated carbocycles. The molecule has 0 amide bonds. The number of unbranched alkanes of at least 4 members (excludes halogenated alkanes) is 1. The Morgan fingerprint density at radius 2 is 2.00 bits per heavy atom. The first-order chi connectivity index (χ1) is 10.1. The highest BCUT2D eigenvalue weighted by Crippen LogP contribution is 2.44. The summed E-state index contributed by atoms with van der Waals surface area (Å²) in [5.41, 5.74) is 0.988. The van der Waals surface area contributed by atoms with Crippen LogP contribution in [0.4, 0.5) is 5.69 Å². The quantitative estimate of drug-likeness (QED) is 0.334. The second-order valence-electron chi connectivity index (χ2n) is 5.08. The van der Waals surface area contributed by atoms with Crippen molar-refractivity contribution >= 4 is 11.7 Å². The van der Waals surface area contributed by atoms with E-state index in [0.717, 1.165) is 24.9 Å². The van der Waals surface area contributed by atoms with Crippen LogP contribution < -0.4 is 0 Å². The maximum Gasteiger partial charge on any atom is 0.325 e. The molecule has 0 spiro atoms. The number of non-ortho nitro benzene ring substituents is 1. The third-order valence-electron chi connectivity index (χ3n) is 3.67. The molecule has 1 saturated heterocycles. The van der Waals surface area contributed by atoms with Crippen molar-refractivity contribution in [2.24, 2.45) is 0 Å². The first kappa shape index (κ1) is 15.4. The zero-order valence-corrected chi connectivity index (χ0v) is 12.3. The van der Waals surface area contributed by atoms with Gasteiger partial charge in [-0.2, -0.15) is 0 Å². The fraction of sp³-hybridized carbons (Fsp3) is 0.533. The second kappa shape index (κ2) is 6.67. The Hall–Kier alpha value is -1.95. The number of carbonyl (C=O) groups is 1. The molecule has 1 aromatic rings. The Morgan fingerprint density at radius 3 is 2.52 bits per heavy atom. The fourth-order valence-electron chi connectivity index (χ4n) is 2.55. The molecule has 1 fully saturated rings. The number of nitrogens with zero attached hydrogens (tertiary/aromatic N) is 2. The van der Waals surface area contributed by atoms with Crippen LogP contribution in [0.5, 0.6) is 0 Å². The zero-order chi connectivity index (χ0) is 15.4. The normalized spacial score (nSPS) is 23.6. The SMILES string of the molecule is CCCCN1[C@@H](C(=O)OCC)[C@@H]1c1ccc([N+](=O)[O-])cc1. The van der Waals surface area contributed by atoms with Crippen LogP contribution >= 0.6 is 0 Å². The van der Waals surface area contributed by atoms with Crippen LogP contribution in [0.1, 0.15) is 38.3 Å². The van der Waals surface area contributed by atoms with E-state index in [1.165, 1.54) is 12.1 Å². The highest BCUT2D eigenvalue weighted by molar-refractivity contribution is 5.80. The van der Waals surface area contributed by atoms with E-state index in [1.54, 1.807) is 19.1 Å². The van der Waals surface area contributed by atoms with Gasteiger partial charge in [-0.1, -0.05) is 25.5 Å². The Labute approximate surface area is 123 Å². The molecule has 1 unspecified atom stereocenters. The van der Waals surface area contributed by atoms with Crippen LogP contribution in [0.3, 0.4) is 0 Å². The first-order valence-corrected chi connectivity index (χ1v) is 7.26. The monoisotopic (exact) mass is 292 g/mol. The average molecular weight is 292 g/mol. The van der Waals surface area contributed by atoms with Gasteiger partial charge in [0.1, 0.15) is 6.04 Å². The number of ether oxygens (including phenoxy) is 1. The minimum atomic E-state index is -0.422. The molecule has 6 nitrogen and oxygen atoms in total. The minimum Gasteiger partial charge on any atom is -0.465 e. The van der Waals surface area contributed by atoms with Crippen molar-refractivity contribution in [3.63, 3.8) is 0 Å². The average Bonchev–Trinajstić information content (AvgIpc) is 3.19. The Kier molecular flexibility index (Phi) is 4.90. The summed E-state index contributed by atoms with van der Waals surface area (Å²) < 4.78 is 5.10. The molecule has 3 atom stereocenters. The van der Waals surface area contributed by atoms with Gasteiger partial charge in [0, 0.05) is 12.1 Å². The lowest BCUT2D eigenvalue weighted by atomic mass is 10.1.